The van der Waals surface area contributed by atoms with Gasteiger partial charge in [0.05, 0.1) is 12.7 Å². The Balaban J connectivity index is 0.00000338. The SMILES string of the molecule is CN=C(NCc1ccc(OCCCN(C)C)cc1)NCC1CCCO1.I. The topological polar surface area (TPSA) is 58.1 Å². The quantitative estimate of drug-likeness (QED) is 0.248. The van der Waals surface area contributed by atoms with E-state index in [1.807, 2.05) is 12.1 Å². The van der Waals surface area contributed by atoms with Crippen molar-refractivity contribution in [3.8, 4) is 5.75 Å². The van der Waals surface area contributed by atoms with Crippen LogP contribution in [0.5, 0.6) is 5.75 Å². The second-order valence-electron chi connectivity index (χ2n) is 6.59. The number of halogens is 1. The van der Waals surface area contributed by atoms with Gasteiger partial charge in [-0.05, 0) is 51.1 Å². The van der Waals surface area contributed by atoms with E-state index in [1.165, 1.54) is 5.56 Å². The van der Waals surface area contributed by atoms with Gasteiger partial charge in [0, 0.05) is 33.3 Å². The summed E-state index contributed by atoms with van der Waals surface area (Å²) in [6, 6.07) is 8.22. The molecule has 0 aromatic heterocycles. The third kappa shape index (κ3) is 9.05. The molecule has 1 unspecified atom stereocenters. The maximum atomic E-state index is 5.76. The van der Waals surface area contributed by atoms with Gasteiger partial charge < -0.3 is 25.0 Å². The van der Waals surface area contributed by atoms with Crippen molar-refractivity contribution in [2.24, 2.45) is 4.99 Å². The van der Waals surface area contributed by atoms with Crippen LogP contribution in [0.25, 0.3) is 0 Å². The molecule has 7 heteroatoms. The van der Waals surface area contributed by atoms with Crippen molar-refractivity contribution < 1.29 is 9.47 Å². The van der Waals surface area contributed by atoms with E-state index in [2.05, 4.69) is 46.8 Å². The highest BCUT2D eigenvalue weighted by atomic mass is 127. The smallest absolute Gasteiger partial charge is 0.191 e. The molecule has 0 bridgehead atoms. The number of nitrogens with one attached hydrogen (secondary N) is 2. The normalized spacial score (nSPS) is 17.1. The molecule has 26 heavy (non-hydrogen) atoms. The van der Waals surface area contributed by atoms with Crippen LogP contribution in [0.15, 0.2) is 29.3 Å². The van der Waals surface area contributed by atoms with Gasteiger partial charge in [-0.25, -0.2) is 0 Å². The number of hydrogen-bond acceptors (Lipinski definition) is 4. The van der Waals surface area contributed by atoms with E-state index < -0.39 is 0 Å². The Bertz CT molecular complexity index is 517. The first-order chi connectivity index (χ1) is 12.2. The van der Waals surface area contributed by atoms with Crippen LogP contribution in [0, 0.1) is 0 Å². The molecule has 148 valence electrons. The molecule has 2 N–H and O–H groups in total. The standard InChI is InChI=1S/C19H32N4O2.HI/c1-20-19(22-15-18-6-4-12-25-18)21-14-16-7-9-17(10-8-16)24-13-5-11-23(2)3;/h7-10,18H,4-6,11-15H2,1-3H3,(H2,20,21,22);1H. The Hall–Kier alpha value is -1.06. The van der Waals surface area contributed by atoms with Gasteiger partial charge in [-0.15, -0.1) is 24.0 Å². The summed E-state index contributed by atoms with van der Waals surface area (Å²) in [7, 11) is 5.94. The van der Waals surface area contributed by atoms with Crippen LogP contribution in [0.3, 0.4) is 0 Å². The van der Waals surface area contributed by atoms with Gasteiger partial charge in [-0.2, -0.15) is 0 Å². The van der Waals surface area contributed by atoms with Crippen molar-refractivity contribution >= 4 is 29.9 Å². The van der Waals surface area contributed by atoms with Gasteiger partial charge in [-0.1, -0.05) is 12.1 Å². The van der Waals surface area contributed by atoms with Crippen LogP contribution in [0.4, 0.5) is 0 Å². The van der Waals surface area contributed by atoms with Gasteiger partial charge in [0.15, 0.2) is 5.96 Å². The fourth-order valence-electron chi connectivity index (χ4n) is 2.70. The first kappa shape index (κ1) is 23.0. The van der Waals surface area contributed by atoms with Crippen molar-refractivity contribution in [3.63, 3.8) is 0 Å². The first-order valence-electron chi connectivity index (χ1n) is 9.10. The molecule has 1 aromatic rings. The molecule has 0 saturated carbocycles. The Labute approximate surface area is 174 Å². The second kappa shape index (κ2) is 13.2. The van der Waals surface area contributed by atoms with Gasteiger partial charge in [-0.3, -0.25) is 4.99 Å². The largest absolute Gasteiger partial charge is 0.494 e. The van der Waals surface area contributed by atoms with Crippen LogP contribution in [-0.4, -0.2) is 64.4 Å². The Morgan fingerprint density at radius 1 is 1.27 bits per heavy atom. The zero-order chi connectivity index (χ0) is 17.9. The minimum Gasteiger partial charge on any atom is -0.494 e. The summed E-state index contributed by atoms with van der Waals surface area (Å²) in [4.78, 5) is 6.42. The van der Waals surface area contributed by atoms with E-state index in [1.54, 1.807) is 7.05 Å². The molecular formula is C19H33IN4O2. The number of hydrogen-bond donors (Lipinski definition) is 2. The van der Waals surface area contributed by atoms with Gasteiger partial charge in [0.1, 0.15) is 5.75 Å². The highest BCUT2D eigenvalue weighted by Crippen LogP contribution is 2.13. The minimum atomic E-state index is 0. The fraction of sp³-hybridized carbons (Fsp3) is 0.632. The lowest BCUT2D eigenvalue weighted by atomic mass is 10.2. The van der Waals surface area contributed by atoms with Gasteiger partial charge in [0.25, 0.3) is 0 Å². The molecule has 1 heterocycles. The molecule has 6 nitrogen and oxygen atoms in total. The molecule has 0 spiro atoms. The number of aliphatic imine (C=N–C) groups is 1. The van der Waals surface area contributed by atoms with Crippen molar-refractivity contribution in [1.82, 2.24) is 15.5 Å². The average molecular weight is 476 g/mol. The first-order valence-corrected chi connectivity index (χ1v) is 9.10. The molecule has 1 fully saturated rings. The second-order valence-corrected chi connectivity index (χ2v) is 6.59. The summed E-state index contributed by atoms with van der Waals surface area (Å²) in [5.41, 5.74) is 1.20. The van der Waals surface area contributed by atoms with Gasteiger partial charge in [0.2, 0.25) is 0 Å². The van der Waals surface area contributed by atoms with Crippen LogP contribution >= 0.6 is 24.0 Å². The highest BCUT2D eigenvalue weighted by molar-refractivity contribution is 14.0. The molecule has 0 amide bonds. The van der Waals surface area contributed by atoms with Gasteiger partial charge >= 0.3 is 0 Å². The predicted octanol–water partition coefficient (Wildman–Crippen LogP) is 2.48. The van der Waals surface area contributed by atoms with E-state index in [4.69, 9.17) is 9.47 Å². The summed E-state index contributed by atoms with van der Waals surface area (Å²) in [5, 5.41) is 6.65. The third-order valence-corrected chi connectivity index (χ3v) is 4.15. The maximum Gasteiger partial charge on any atom is 0.191 e. The Morgan fingerprint density at radius 3 is 2.65 bits per heavy atom. The van der Waals surface area contributed by atoms with E-state index in [9.17, 15) is 0 Å². The fourth-order valence-corrected chi connectivity index (χ4v) is 2.70. The average Bonchev–Trinajstić information content (AvgIpc) is 3.13. The van der Waals surface area contributed by atoms with Crippen molar-refractivity contribution in [1.29, 1.82) is 0 Å². The van der Waals surface area contributed by atoms with E-state index in [-0.39, 0.29) is 24.0 Å². The van der Waals surface area contributed by atoms with Crippen molar-refractivity contribution in [2.75, 3.05) is 47.4 Å². The highest BCUT2D eigenvalue weighted by Gasteiger charge is 2.15. The molecular weight excluding hydrogens is 443 g/mol. The Kier molecular flexibility index (Phi) is 11.6. The monoisotopic (exact) mass is 476 g/mol. The zero-order valence-electron chi connectivity index (χ0n) is 16.2. The van der Waals surface area contributed by atoms with E-state index in [0.29, 0.717) is 6.10 Å². The lowest BCUT2D eigenvalue weighted by molar-refractivity contribution is 0.114. The van der Waals surface area contributed by atoms with E-state index >= 15 is 0 Å². The summed E-state index contributed by atoms with van der Waals surface area (Å²) in [5.74, 6) is 1.72. The van der Waals surface area contributed by atoms with Crippen molar-refractivity contribution in [3.05, 3.63) is 29.8 Å². The Morgan fingerprint density at radius 2 is 2.04 bits per heavy atom. The summed E-state index contributed by atoms with van der Waals surface area (Å²) >= 11 is 0. The lowest BCUT2D eigenvalue weighted by Crippen LogP contribution is -2.40. The number of guanidine groups is 1. The molecule has 1 aliphatic heterocycles. The van der Waals surface area contributed by atoms with E-state index in [0.717, 1.165) is 63.8 Å². The number of nitrogens with zero attached hydrogens (tertiary/aromatic N) is 2. The molecule has 1 aromatic carbocycles. The van der Waals surface area contributed by atoms with Crippen LogP contribution in [0.1, 0.15) is 24.8 Å². The van der Waals surface area contributed by atoms with Crippen LogP contribution in [-0.2, 0) is 11.3 Å². The molecule has 0 radical (unpaired) electrons. The maximum absolute atomic E-state index is 5.76. The van der Waals surface area contributed by atoms with Crippen molar-refractivity contribution in [2.45, 2.75) is 31.9 Å². The van der Waals surface area contributed by atoms with Crippen LogP contribution in [0.2, 0.25) is 0 Å². The molecule has 1 atom stereocenters. The molecule has 2 rings (SSSR count). The molecule has 1 saturated heterocycles. The molecule has 0 aliphatic carbocycles. The number of benzene rings is 1. The summed E-state index contributed by atoms with van der Waals surface area (Å²) < 4.78 is 11.4. The molecule has 1 aliphatic rings. The number of ether oxygens (including phenoxy) is 2. The zero-order valence-corrected chi connectivity index (χ0v) is 18.5. The summed E-state index contributed by atoms with van der Waals surface area (Å²) in [6.07, 6.45) is 3.62. The summed E-state index contributed by atoms with van der Waals surface area (Å²) in [6.45, 7) is 4.20. The lowest BCUT2D eigenvalue weighted by Gasteiger charge is -2.15. The predicted molar refractivity (Wildman–Crippen MR) is 118 cm³/mol. The third-order valence-electron chi connectivity index (χ3n) is 4.15. The minimum absolute atomic E-state index is 0. The number of rotatable bonds is 9. The van der Waals surface area contributed by atoms with Crippen LogP contribution < -0.4 is 15.4 Å².